The summed E-state index contributed by atoms with van der Waals surface area (Å²) in [6.45, 7) is 2.02. The monoisotopic (exact) mass is 451 g/mol. The van der Waals surface area contributed by atoms with Gasteiger partial charge in [-0.2, -0.15) is 0 Å². The van der Waals surface area contributed by atoms with E-state index in [-0.39, 0.29) is 18.0 Å². The van der Waals surface area contributed by atoms with Crippen molar-refractivity contribution in [2.24, 2.45) is 0 Å². The normalized spacial score (nSPS) is 13.4. The Bertz CT molecular complexity index is 1080. The summed E-state index contributed by atoms with van der Waals surface area (Å²) < 4.78 is 13.6. The first kappa shape index (κ1) is 19.3. The number of halogens is 1. The van der Waals surface area contributed by atoms with Gasteiger partial charge < -0.3 is 14.8 Å². The molecule has 0 fully saturated rings. The van der Waals surface area contributed by atoms with Crippen molar-refractivity contribution >= 4 is 58.5 Å². The van der Waals surface area contributed by atoms with Gasteiger partial charge in [-0.15, -0.1) is 5.10 Å². The lowest BCUT2D eigenvalue weighted by atomic mass is 10.2. The van der Waals surface area contributed by atoms with Crippen molar-refractivity contribution in [3.8, 4) is 17.2 Å². The number of hydrogen-bond acceptors (Lipinski definition) is 7. The first-order chi connectivity index (χ1) is 13.5. The zero-order valence-corrected chi connectivity index (χ0v) is 17.8. The zero-order chi connectivity index (χ0) is 19.7. The Morgan fingerprint density at radius 3 is 2.82 bits per heavy atom. The van der Waals surface area contributed by atoms with Crippen LogP contribution in [0.1, 0.15) is 6.92 Å². The second-order valence-corrected chi connectivity index (χ2v) is 9.49. The van der Waals surface area contributed by atoms with E-state index < -0.39 is 0 Å². The molecule has 0 aliphatic carbocycles. The Balaban J connectivity index is 1.44. The molecule has 2 heterocycles. The van der Waals surface area contributed by atoms with Crippen LogP contribution in [0, 0.1) is 3.95 Å². The van der Waals surface area contributed by atoms with Crippen LogP contribution >= 0.6 is 46.9 Å². The predicted molar refractivity (Wildman–Crippen MR) is 114 cm³/mol. The number of aromatic nitrogens is 2. The van der Waals surface area contributed by atoms with Crippen molar-refractivity contribution in [3.63, 3.8) is 0 Å². The summed E-state index contributed by atoms with van der Waals surface area (Å²) in [4.78, 5) is 12.5. The fraction of sp³-hybridized carbons (Fsp3) is 0.167. The van der Waals surface area contributed by atoms with Gasteiger partial charge in [0.15, 0.2) is 19.8 Å². The summed E-state index contributed by atoms with van der Waals surface area (Å²) in [6, 6.07) is 12.6. The van der Waals surface area contributed by atoms with E-state index in [1.54, 1.807) is 35.0 Å². The number of nitrogens with one attached hydrogen (secondary N) is 1. The third-order valence-corrected chi connectivity index (χ3v) is 6.56. The van der Waals surface area contributed by atoms with Crippen molar-refractivity contribution in [1.82, 2.24) is 9.78 Å². The Kier molecular flexibility index (Phi) is 5.58. The third-order valence-electron chi connectivity index (χ3n) is 3.89. The quantitative estimate of drug-likeness (QED) is 0.426. The molecule has 144 valence electrons. The van der Waals surface area contributed by atoms with Gasteiger partial charge in [0.05, 0.1) is 10.9 Å². The number of fused-ring (bicyclic) bond motifs is 1. The Labute approximate surface area is 179 Å². The Morgan fingerprint density at radius 2 is 2.04 bits per heavy atom. The van der Waals surface area contributed by atoms with Gasteiger partial charge >= 0.3 is 0 Å². The molecular weight excluding hydrogens is 438 g/mol. The molecule has 0 saturated carbocycles. The van der Waals surface area contributed by atoms with Gasteiger partial charge in [0.25, 0.3) is 0 Å². The number of benzene rings is 2. The summed E-state index contributed by atoms with van der Waals surface area (Å²) in [7, 11) is 0. The lowest BCUT2D eigenvalue weighted by molar-refractivity contribution is -0.115. The third kappa shape index (κ3) is 4.17. The molecular formula is C18H14ClN3O3S3. The number of carbonyl (C=O) groups excluding carboxylic acids is 1. The maximum Gasteiger partial charge on any atom is 0.237 e. The van der Waals surface area contributed by atoms with Crippen LogP contribution in [-0.2, 0) is 4.79 Å². The molecule has 6 nitrogen and oxygen atoms in total. The molecule has 0 spiro atoms. The topological polar surface area (TPSA) is 65.4 Å². The number of hydrogen-bond donors (Lipinski definition) is 1. The van der Waals surface area contributed by atoms with Crippen LogP contribution in [0.25, 0.3) is 5.69 Å². The lowest BCUT2D eigenvalue weighted by Crippen LogP contribution is -2.22. The second-order valence-electron chi connectivity index (χ2n) is 5.84. The second kappa shape index (κ2) is 8.12. The zero-order valence-electron chi connectivity index (χ0n) is 14.5. The molecule has 2 aromatic carbocycles. The summed E-state index contributed by atoms with van der Waals surface area (Å²) in [6.07, 6.45) is 0. The fourth-order valence-corrected chi connectivity index (χ4v) is 5.11. The molecule has 1 atom stereocenters. The van der Waals surface area contributed by atoms with Crippen LogP contribution in [0.2, 0.25) is 5.02 Å². The number of anilines is 1. The molecule has 28 heavy (non-hydrogen) atoms. The Hall–Kier alpha value is -2.07. The van der Waals surface area contributed by atoms with Gasteiger partial charge in [-0.1, -0.05) is 34.7 Å². The molecule has 1 aliphatic rings. The first-order valence-corrected chi connectivity index (χ1v) is 10.7. The summed E-state index contributed by atoms with van der Waals surface area (Å²) in [5, 5.41) is 7.70. The molecule has 1 aromatic heterocycles. The van der Waals surface area contributed by atoms with Crippen LogP contribution in [0.3, 0.4) is 0 Å². The molecule has 4 rings (SSSR count). The van der Waals surface area contributed by atoms with Crippen molar-refractivity contribution in [2.45, 2.75) is 16.5 Å². The average molecular weight is 452 g/mol. The molecule has 1 aliphatic heterocycles. The van der Waals surface area contributed by atoms with E-state index in [1.165, 1.54) is 23.1 Å². The van der Waals surface area contributed by atoms with Crippen LogP contribution in [0.5, 0.6) is 11.5 Å². The van der Waals surface area contributed by atoms with Gasteiger partial charge in [0, 0.05) is 16.8 Å². The average Bonchev–Trinajstić information content (AvgIpc) is 3.28. The fourth-order valence-electron chi connectivity index (χ4n) is 2.48. The van der Waals surface area contributed by atoms with Crippen molar-refractivity contribution in [2.75, 3.05) is 12.1 Å². The highest BCUT2D eigenvalue weighted by Crippen LogP contribution is 2.35. The van der Waals surface area contributed by atoms with E-state index >= 15 is 0 Å². The first-order valence-electron chi connectivity index (χ1n) is 8.23. The minimum Gasteiger partial charge on any atom is -0.454 e. The van der Waals surface area contributed by atoms with E-state index in [1.807, 2.05) is 19.1 Å². The number of ether oxygens (including phenoxy) is 2. The van der Waals surface area contributed by atoms with Crippen LogP contribution < -0.4 is 14.8 Å². The summed E-state index contributed by atoms with van der Waals surface area (Å²) in [5.41, 5.74) is 1.48. The molecule has 3 aromatic rings. The van der Waals surface area contributed by atoms with Crippen LogP contribution in [-0.4, -0.2) is 27.7 Å². The molecule has 0 bridgehead atoms. The smallest absolute Gasteiger partial charge is 0.237 e. The highest BCUT2D eigenvalue weighted by atomic mass is 35.5. The minimum absolute atomic E-state index is 0.136. The molecule has 1 amide bonds. The van der Waals surface area contributed by atoms with Crippen molar-refractivity contribution in [3.05, 3.63) is 51.4 Å². The van der Waals surface area contributed by atoms with E-state index in [9.17, 15) is 4.79 Å². The van der Waals surface area contributed by atoms with Gasteiger partial charge in [-0.25, -0.2) is 4.68 Å². The van der Waals surface area contributed by atoms with E-state index in [0.717, 1.165) is 5.69 Å². The predicted octanol–water partition coefficient (Wildman–Crippen LogP) is 5.16. The lowest BCUT2D eigenvalue weighted by Gasteiger charge is -2.10. The Morgan fingerprint density at radius 1 is 1.29 bits per heavy atom. The molecule has 1 N–H and O–H groups in total. The largest absolute Gasteiger partial charge is 0.454 e. The number of rotatable bonds is 5. The van der Waals surface area contributed by atoms with Crippen molar-refractivity contribution in [1.29, 1.82) is 0 Å². The number of nitrogens with zero attached hydrogens (tertiary/aromatic N) is 2. The molecule has 0 radical (unpaired) electrons. The van der Waals surface area contributed by atoms with Crippen LogP contribution in [0.15, 0.2) is 46.8 Å². The maximum absolute atomic E-state index is 12.5. The van der Waals surface area contributed by atoms with Crippen molar-refractivity contribution < 1.29 is 14.3 Å². The molecule has 1 unspecified atom stereocenters. The standard InChI is InChI=1S/C18H14ClN3O3S3/c1-10(16(23)20-12-4-7-14-15(8-12)25-9-24-14)27-17-21-22(18(26)28-17)13-5-2-11(19)3-6-13/h2-8,10H,9H2,1H3,(H,20,23). The number of carbonyl (C=O) groups is 1. The highest BCUT2D eigenvalue weighted by molar-refractivity contribution is 8.02. The minimum atomic E-state index is -0.357. The highest BCUT2D eigenvalue weighted by Gasteiger charge is 2.19. The number of amides is 1. The van der Waals surface area contributed by atoms with E-state index in [4.69, 9.17) is 33.3 Å². The van der Waals surface area contributed by atoms with E-state index in [0.29, 0.717) is 30.5 Å². The summed E-state index contributed by atoms with van der Waals surface area (Å²) in [5.74, 6) is 1.16. The van der Waals surface area contributed by atoms with Gasteiger partial charge in [-0.05, 0) is 55.5 Å². The van der Waals surface area contributed by atoms with Crippen LogP contribution in [0.4, 0.5) is 5.69 Å². The van der Waals surface area contributed by atoms with E-state index in [2.05, 4.69) is 10.4 Å². The van der Waals surface area contributed by atoms with Gasteiger partial charge in [-0.3, -0.25) is 4.79 Å². The van der Waals surface area contributed by atoms with Gasteiger partial charge in [0.2, 0.25) is 12.7 Å². The summed E-state index contributed by atoms with van der Waals surface area (Å²) >= 11 is 14.0. The number of thioether (sulfide) groups is 1. The SMILES string of the molecule is CC(Sc1nn(-c2ccc(Cl)cc2)c(=S)s1)C(=O)Nc1ccc2c(c1)OCO2. The molecule has 0 saturated heterocycles. The molecule has 10 heteroatoms. The van der Waals surface area contributed by atoms with Gasteiger partial charge in [0.1, 0.15) is 0 Å². The maximum atomic E-state index is 12.5.